The summed E-state index contributed by atoms with van der Waals surface area (Å²) in [4.78, 5) is 0. The summed E-state index contributed by atoms with van der Waals surface area (Å²) < 4.78 is 5.84. The van der Waals surface area contributed by atoms with Crippen molar-refractivity contribution in [2.24, 2.45) is 0 Å². The molecule has 0 radical (unpaired) electrons. The second-order valence-corrected chi connectivity index (χ2v) is 4.76. The van der Waals surface area contributed by atoms with Gasteiger partial charge < -0.3 is 15.4 Å². The lowest BCUT2D eigenvalue weighted by Gasteiger charge is -2.27. The molecule has 3 heteroatoms. The van der Waals surface area contributed by atoms with Crippen LogP contribution in [-0.4, -0.2) is 38.4 Å². The first-order valence-electron chi connectivity index (χ1n) is 6.51. The van der Waals surface area contributed by atoms with Crippen LogP contribution in [0.4, 0.5) is 0 Å². The molecule has 1 saturated carbocycles. The topological polar surface area (TPSA) is 33.3 Å². The van der Waals surface area contributed by atoms with E-state index in [2.05, 4.69) is 10.6 Å². The van der Waals surface area contributed by atoms with E-state index < -0.39 is 0 Å². The summed E-state index contributed by atoms with van der Waals surface area (Å²) in [7, 11) is 0. The Kier molecular flexibility index (Phi) is 4.90. The molecule has 2 N–H and O–H groups in total. The first kappa shape index (κ1) is 11.4. The van der Waals surface area contributed by atoms with Gasteiger partial charge in [-0.3, -0.25) is 0 Å². The molecule has 0 spiro atoms. The van der Waals surface area contributed by atoms with Crippen molar-refractivity contribution >= 4 is 0 Å². The second-order valence-electron chi connectivity index (χ2n) is 4.76. The molecule has 2 fully saturated rings. The van der Waals surface area contributed by atoms with E-state index in [-0.39, 0.29) is 0 Å². The molecule has 1 saturated heterocycles. The first-order chi connectivity index (χ1) is 7.45. The molecule has 0 unspecified atom stereocenters. The largest absolute Gasteiger partial charge is 0.378 e. The molecule has 2 rings (SSSR count). The standard InChI is InChI=1S/C12H24N2O/c1-3-11(4-1)14-7-2-10-15-12-5-8-13-9-6-12/h11-14H,1-10H2. The van der Waals surface area contributed by atoms with Crippen LogP contribution in [0.25, 0.3) is 0 Å². The average molecular weight is 212 g/mol. The fourth-order valence-electron chi connectivity index (χ4n) is 2.20. The van der Waals surface area contributed by atoms with Crippen molar-refractivity contribution in [2.75, 3.05) is 26.2 Å². The summed E-state index contributed by atoms with van der Waals surface area (Å²) in [6.07, 6.45) is 8.26. The predicted molar refractivity (Wildman–Crippen MR) is 62.1 cm³/mol. The Morgan fingerprint density at radius 2 is 1.93 bits per heavy atom. The van der Waals surface area contributed by atoms with Gasteiger partial charge in [0.1, 0.15) is 0 Å². The lowest BCUT2D eigenvalue weighted by Crippen LogP contribution is -2.36. The summed E-state index contributed by atoms with van der Waals surface area (Å²) in [5.74, 6) is 0. The van der Waals surface area contributed by atoms with Gasteiger partial charge in [-0.1, -0.05) is 6.42 Å². The smallest absolute Gasteiger partial charge is 0.0599 e. The maximum atomic E-state index is 5.84. The number of ether oxygens (including phenoxy) is 1. The van der Waals surface area contributed by atoms with Gasteiger partial charge in [-0.15, -0.1) is 0 Å². The Morgan fingerprint density at radius 3 is 2.60 bits per heavy atom. The van der Waals surface area contributed by atoms with E-state index >= 15 is 0 Å². The van der Waals surface area contributed by atoms with Crippen LogP contribution in [0.15, 0.2) is 0 Å². The SMILES string of the molecule is C(CNC1CCC1)COC1CCNCC1. The summed E-state index contributed by atoms with van der Waals surface area (Å²) in [6, 6.07) is 0.823. The molecule has 0 amide bonds. The van der Waals surface area contributed by atoms with E-state index in [1.807, 2.05) is 0 Å². The lowest BCUT2D eigenvalue weighted by molar-refractivity contribution is 0.0313. The maximum absolute atomic E-state index is 5.84. The van der Waals surface area contributed by atoms with E-state index in [1.54, 1.807) is 0 Å². The molecule has 0 aromatic heterocycles. The molecule has 0 bridgehead atoms. The van der Waals surface area contributed by atoms with Crippen molar-refractivity contribution in [1.29, 1.82) is 0 Å². The van der Waals surface area contributed by atoms with E-state index in [0.717, 1.165) is 32.3 Å². The molecule has 1 aliphatic carbocycles. The monoisotopic (exact) mass is 212 g/mol. The van der Waals surface area contributed by atoms with Gasteiger partial charge in [-0.05, 0) is 51.7 Å². The van der Waals surface area contributed by atoms with Crippen molar-refractivity contribution in [3.05, 3.63) is 0 Å². The Bertz CT molecular complexity index is 165. The van der Waals surface area contributed by atoms with E-state index in [9.17, 15) is 0 Å². The molecule has 0 aromatic rings. The van der Waals surface area contributed by atoms with Crippen molar-refractivity contribution in [1.82, 2.24) is 10.6 Å². The van der Waals surface area contributed by atoms with Crippen LogP contribution in [0.3, 0.4) is 0 Å². The zero-order valence-electron chi connectivity index (χ0n) is 9.63. The van der Waals surface area contributed by atoms with Crippen LogP contribution in [-0.2, 0) is 4.74 Å². The highest BCUT2D eigenvalue weighted by Crippen LogP contribution is 2.17. The minimum absolute atomic E-state index is 0.523. The normalized spacial score (nSPS) is 24.0. The van der Waals surface area contributed by atoms with Gasteiger partial charge in [-0.25, -0.2) is 0 Å². The van der Waals surface area contributed by atoms with Crippen molar-refractivity contribution in [3.63, 3.8) is 0 Å². The summed E-state index contributed by atoms with van der Waals surface area (Å²) in [5.41, 5.74) is 0. The summed E-state index contributed by atoms with van der Waals surface area (Å²) in [6.45, 7) is 4.33. The number of hydrogen-bond donors (Lipinski definition) is 2. The molecule has 88 valence electrons. The van der Waals surface area contributed by atoms with Crippen LogP contribution in [0, 0.1) is 0 Å². The minimum atomic E-state index is 0.523. The van der Waals surface area contributed by atoms with E-state index in [1.165, 1.54) is 38.5 Å². The third-order valence-corrected chi connectivity index (χ3v) is 3.50. The highest BCUT2D eigenvalue weighted by atomic mass is 16.5. The Balaban J connectivity index is 1.40. The van der Waals surface area contributed by atoms with Gasteiger partial charge in [0, 0.05) is 12.6 Å². The van der Waals surface area contributed by atoms with Gasteiger partial charge in [0.2, 0.25) is 0 Å². The first-order valence-corrected chi connectivity index (χ1v) is 6.51. The van der Waals surface area contributed by atoms with Crippen molar-refractivity contribution in [2.45, 2.75) is 50.7 Å². The predicted octanol–water partition coefficient (Wildman–Crippen LogP) is 1.29. The van der Waals surface area contributed by atoms with Gasteiger partial charge in [-0.2, -0.15) is 0 Å². The van der Waals surface area contributed by atoms with Gasteiger partial charge >= 0.3 is 0 Å². The second kappa shape index (κ2) is 6.46. The fourth-order valence-corrected chi connectivity index (χ4v) is 2.20. The Morgan fingerprint density at radius 1 is 1.13 bits per heavy atom. The molecule has 3 nitrogen and oxygen atoms in total. The van der Waals surface area contributed by atoms with Gasteiger partial charge in [0.05, 0.1) is 6.10 Å². The number of nitrogens with one attached hydrogen (secondary N) is 2. The molecule has 0 aromatic carbocycles. The maximum Gasteiger partial charge on any atom is 0.0599 e. The third-order valence-electron chi connectivity index (χ3n) is 3.50. The lowest BCUT2D eigenvalue weighted by atomic mass is 9.93. The quantitative estimate of drug-likeness (QED) is 0.651. The van der Waals surface area contributed by atoms with Crippen LogP contribution in [0.2, 0.25) is 0 Å². The molecule has 2 aliphatic rings. The van der Waals surface area contributed by atoms with Crippen LogP contribution in [0.5, 0.6) is 0 Å². The van der Waals surface area contributed by atoms with Crippen LogP contribution < -0.4 is 10.6 Å². The van der Waals surface area contributed by atoms with E-state index in [4.69, 9.17) is 4.74 Å². The number of hydrogen-bond acceptors (Lipinski definition) is 3. The van der Waals surface area contributed by atoms with Crippen molar-refractivity contribution in [3.8, 4) is 0 Å². The summed E-state index contributed by atoms with van der Waals surface area (Å²) in [5, 5.41) is 6.92. The fraction of sp³-hybridized carbons (Fsp3) is 1.00. The third kappa shape index (κ3) is 4.09. The molecular formula is C12H24N2O. The zero-order valence-corrected chi connectivity index (χ0v) is 9.63. The zero-order chi connectivity index (χ0) is 10.3. The van der Waals surface area contributed by atoms with Crippen molar-refractivity contribution < 1.29 is 4.74 Å². The number of piperidine rings is 1. The van der Waals surface area contributed by atoms with Gasteiger partial charge in [0.15, 0.2) is 0 Å². The van der Waals surface area contributed by atoms with E-state index in [0.29, 0.717) is 6.10 Å². The minimum Gasteiger partial charge on any atom is -0.378 e. The molecule has 15 heavy (non-hydrogen) atoms. The van der Waals surface area contributed by atoms with Crippen LogP contribution >= 0.6 is 0 Å². The summed E-state index contributed by atoms with van der Waals surface area (Å²) >= 11 is 0. The Hall–Kier alpha value is -0.120. The molecule has 1 aliphatic heterocycles. The van der Waals surface area contributed by atoms with Gasteiger partial charge in [0.25, 0.3) is 0 Å². The molecule has 1 heterocycles. The Labute approximate surface area is 93.0 Å². The highest BCUT2D eigenvalue weighted by molar-refractivity contribution is 4.75. The molecular weight excluding hydrogens is 188 g/mol. The average Bonchev–Trinajstić information content (AvgIpc) is 2.22. The number of rotatable bonds is 6. The molecule has 0 atom stereocenters. The highest BCUT2D eigenvalue weighted by Gasteiger charge is 2.16. The van der Waals surface area contributed by atoms with Crippen LogP contribution in [0.1, 0.15) is 38.5 Å².